The van der Waals surface area contributed by atoms with Crippen LogP contribution in [0.15, 0.2) is 158 Å². The first-order valence-electron chi connectivity index (χ1n) is 19.0. The minimum absolute atomic E-state index is 0.0497. The number of nitrogen functional groups attached to an aromatic ring is 1. The van der Waals surface area contributed by atoms with Crippen molar-refractivity contribution in [3.8, 4) is 33.4 Å². The van der Waals surface area contributed by atoms with Gasteiger partial charge in [0.05, 0.1) is 11.4 Å². The quantitative estimate of drug-likeness (QED) is 0.180. The SMILES string of the molecule is Cc1ccc(-c2c3c(c(-c4cccc5ccccc45)c4cc5c(cc24)-c2ccccc2C5(C)C)=CCCC=3)cc1.Nc1ccccc1Nc1ccccc1. The van der Waals surface area contributed by atoms with E-state index in [1.54, 1.807) is 0 Å². The molecule has 54 heavy (non-hydrogen) atoms. The zero-order valence-corrected chi connectivity index (χ0v) is 31.2. The zero-order chi connectivity index (χ0) is 36.8. The van der Waals surface area contributed by atoms with Gasteiger partial charge in [0.25, 0.3) is 0 Å². The van der Waals surface area contributed by atoms with Gasteiger partial charge in [-0.3, -0.25) is 0 Å². The lowest BCUT2D eigenvalue weighted by Crippen LogP contribution is -2.31. The maximum Gasteiger partial charge on any atom is 0.0617 e. The van der Waals surface area contributed by atoms with Crippen molar-refractivity contribution < 1.29 is 0 Å². The van der Waals surface area contributed by atoms with E-state index in [4.69, 9.17) is 5.73 Å². The normalized spacial score (nSPS) is 13.5. The monoisotopic (exact) mass is 696 g/mol. The van der Waals surface area contributed by atoms with Crippen LogP contribution < -0.4 is 21.5 Å². The van der Waals surface area contributed by atoms with E-state index in [1.165, 1.54) is 82.1 Å². The minimum atomic E-state index is -0.0497. The third-order valence-electron chi connectivity index (χ3n) is 11.4. The van der Waals surface area contributed by atoms with Crippen LogP contribution in [0, 0.1) is 6.92 Å². The lowest BCUT2D eigenvalue weighted by atomic mass is 9.79. The van der Waals surface area contributed by atoms with E-state index in [-0.39, 0.29) is 5.41 Å². The van der Waals surface area contributed by atoms with Crippen LogP contribution in [0.1, 0.15) is 43.4 Å². The van der Waals surface area contributed by atoms with Crippen molar-refractivity contribution in [3.05, 3.63) is 185 Å². The molecule has 2 aliphatic carbocycles. The number of nitrogens with two attached hydrogens (primary N) is 1. The van der Waals surface area contributed by atoms with Gasteiger partial charge in [-0.05, 0) is 133 Å². The second-order valence-electron chi connectivity index (χ2n) is 15.1. The molecule has 0 unspecified atom stereocenters. The topological polar surface area (TPSA) is 38.0 Å². The molecule has 2 heteroatoms. The van der Waals surface area contributed by atoms with Crippen LogP contribution in [0.3, 0.4) is 0 Å². The van der Waals surface area contributed by atoms with Gasteiger partial charge < -0.3 is 11.1 Å². The number of fused-ring (bicyclic) bond motifs is 6. The number of hydrogen-bond acceptors (Lipinski definition) is 2. The van der Waals surface area contributed by atoms with E-state index in [0.717, 1.165) is 29.9 Å². The molecule has 0 amide bonds. The van der Waals surface area contributed by atoms with Gasteiger partial charge in [0.1, 0.15) is 0 Å². The molecule has 0 saturated carbocycles. The minimum Gasteiger partial charge on any atom is -0.397 e. The Morgan fingerprint density at radius 3 is 1.94 bits per heavy atom. The number of benzene rings is 8. The molecule has 2 nitrogen and oxygen atoms in total. The highest BCUT2D eigenvalue weighted by Crippen LogP contribution is 2.51. The third kappa shape index (κ3) is 5.76. The van der Waals surface area contributed by atoms with Crippen molar-refractivity contribution in [2.45, 2.75) is 39.0 Å². The Labute approximate surface area is 318 Å². The van der Waals surface area contributed by atoms with Crippen LogP contribution in [-0.2, 0) is 5.41 Å². The standard InChI is InChI=1S/C40H32.C12H12N2/c1-25-19-21-27(22-20-25)38-31-15-6-7-16-32(31)39(30-17-10-12-26-11-4-5-13-28(26)30)35-24-37-33(23-34(35)38)29-14-8-9-18-36(29)40(37,2)3;13-11-8-4-5-9-12(11)14-10-6-2-1-3-7-10/h4-5,8-24H,6-7H2,1-3H3;1-9,14H,13H2. The molecule has 2 aliphatic rings. The molecule has 10 rings (SSSR count). The smallest absolute Gasteiger partial charge is 0.0617 e. The van der Waals surface area contributed by atoms with E-state index in [0.29, 0.717) is 0 Å². The summed E-state index contributed by atoms with van der Waals surface area (Å²) >= 11 is 0. The van der Waals surface area contributed by atoms with Gasteiger partial charge in [-0.2, -0.15) is 0 Å². The van der Waals surface area contributed by atoms with Crippen molar-refractivity contribution in [1.29, 1.82) is 0 Å². The molecular weight excluding hydrogens is 653 g/mol. The Bertz CT molecular complexity index is 2820. The van der Waals surface area contributed by atoms with E-state index in [2.05, 4.69) is 141 Å². The van der Waals surface area contributed by atoms with Crippen molar-refractivity contribution >= 4 is 50.8 Å². The van der Waals surface area contributed by atoms with Crippen LogP contribution in [0.25, 0.3) is 67.1 Å². The maximum atomic E-state index is 5.81. The predicted molar refractivity (Wildman–Crippen MR) is 233 cm³/mol. The molecule has 8 aromatic carbocycles. The van der Waals surface area contributed by atoms with Gasteiger partial charge >= 0.3 is 0 Å². The highest BCUT2D eigenvalue weighted by molar-refractivity contribution is 6.12. The molecule has 0 spiro atoms. The molecule has 3 N–H and O–H groups in total. The molecule has 262 valence electrons. The van der Waals surface area contributed by atoms with E-state index >= 15 is 0 Å². The van der Waals surface area contributed by atoms with Crippen molar-refractivity contribution in [1.82, 2.24) is 0 Å². The number of nitrogens with one attached hydrogen (secondary N) is 1. The lowest BCUT2D eigenvalue weighted by molar-refractivity contribution is 0.661. The molecule has 0 atom stereocenters. The molecule has 0 radical (unpaired) electrons. The highest BCUT2D eigenvalue weighted by Gasteiger charge is 2.36. The molecular formula is C52H44N2. The van der Waals surface area contributed by atoms with Crippen LogP contribution in [0.5, 0.6) is 0 Å². The summed E-state index contributed by atoms with van der Waals surface area (Å²) in [4.78, 5) is 0. The van der Waals surface area contributed by atoms with Crippen LogP contribution in [0.2, 0.25) is 0 Å². The average Bonchev–Trinajstić information content (AvgIpc) is 3.43. The summed E-state index contributed by atoms with van der Waals surface area (Å²) in [5.41, 5.74) is 20.8. The van der Waals surface area contributed by atoms with E-state index in [9.17, 15) is 0 Å². The second kappa shape index (κ2) is 13.5. The number of aryl methyl sites for hydroxylation is 1. The third-order valence-corrected chi connectivity index (χ3v) is 11.4. The van der Waals surface area contributed by atoms with Crippen LogP contribution >= 0.6 is 0 Å². The van der Waals surface area contributed by atoms with Crippen LogP contribution in [0.4, 0.5) is 17.1 Å². The molecule has 8 aromatic rings. The van der Waals surface area contributed by atoms with Gasteiger partial charge in [-0.25, -0.2) is 0 Å². The number of para-hydroxylation sites is 3. The van der Waals surface area contributed by atoms with E-state index < -0.39 is 0 Å². The molecule has 0 fully saturated rings. The summed E-state index contributed by atoms with van der Waals surface area (Å²) in [6, 6.07) is 56.5. The van der Waals surface area contributed by atoms with Crippen molar-refractivity contribution in [2.24, 2.45) is 0 Å². The Hall–Kier alpha value is -6.38. The Balaban J connectivity index is 0.000000231. The molecule has 0 heterocycles. The fraction of sp³-hybridized carbons (Fsp3) is 0.115. The Kier molecular flexibility index (Phi) is 8.39. The summed E-state index contributed by atoms with van der Waals surface area (Å²) < 4.78 is 0. The summed E-state index contributed by atoms with van der Waals surface area (Å²) in [5.74, 6) is 0. The summed E-state index contributed by atoms with van der Waals surface area (Å²) in [7, 11) is 0. The molecule has 0 saturated heterocycles. The molecule has 0 bridgehead atoms. The fourth-order valence-corrected chi connectivity index (χ4v) is 8.65. The number of hydrogen-bond donors (Lipinski definition) is 2. The first-order chi connectivity index (χ1) is 26.4. The van der Waals surface area contributed by atoms with Crippen LogP contribution in [-0.4, -0.2) is 0 Å². The van der Waals surface area contributed by atoms with Gasteiger partial charge in [0.2, 0.25) is 0 Å². The largest absolute Gasteiger partial charge is 0.397 e. The fourth-order valence-electron chi connectivity index (χ4n) is 8.65. The second-order valence-corrected chi connectivity index (χ2v) is 15.1. The first-order valence-corrected chi connectivity index (χ1v) is 19.0. The van der Waals surface area contributed by atoms with Gasteiger partial charge in [-0.1, -0.05) is 153 Å². The predicted octanol–water partition coefficient (Wildman–Crippen LogP) is 12.3. The maximum absolute atomic E-state index is 5.81. The summed E-state index contributed by atoms with van der Waals surface area (Å²) in [6.45, 7) is 6.95. The number of rotatable bonds is 4. The Morgan fingerprint density at radius 1 is 0.519 bits per heavy atom. The van der Waals surface area contributed by atoms with Gasteiger partial charge in [0, 0.05) is 11.1 Å². The Morgan fingerprint density at radius 2 is 1.15 bits per heavy atom. The molecule has 0 aliphatic heterocycles. The van der Waals surface area contributed by atoms with Crippen molar-refractivity contribution in [3.63, 3.8) is 0 Å². The van der Waals surface area contributed by atoms with Gasteiger partial charge in [-0.15, -0.1) is 0 Å². The van der Waals surface area contributed by atoms with Gasteiger partial charge in [0.15, 0.2) is 0 Å². The first kappa shape index (κ1) is 33.5. The lowest BCUT2D eigenvalue weighted by Gasteiger charge is -2.24. The zero-order valence-electron chi connectivity index (χ0n) is 31.2. The number of anilines is 3. The summed E-state index contributed by atoms with van der Waals surface area (Å²) in [5, 5.41) is 11.3. The van der Waals surface area contributed by atoms with Crippen molar-refractivity contribution in [2.75, 3.05) is 11.1 Å². The highest BCUT2D eigenvalue weighted by atomic mass is 14.9. The average molecular weight is 697 g/mol. The summed E-state index contributed by atoms with van der Waals surface area (Å²) in [6.07, 6.45) is 7.14. The molecule has 0 aromatic heterocycles. The van der Waals surface area contributed by atoms with E-state index in [1.807, 2.05) is 54.6 Å².